The summed E-state index contributed by atoms with van der Waals surface area (Å²) in [7, 11) is 0. The van der Waals surface area contributed by atoms with E-state index in [1.807, 2.05) is 0 Å². The van der Waals surface area contributed by atoms with Gasteiger partial charge in [0.2, 0.25) is 5.91 Å². The molecule has 1 amide bonds. The summed E-state index contributed by atoms with van der Waals surface area (Å²) < 4.78 is 4.79. The van der Waals surface area contributed by atoms with Crippen LogP contribution in [0.4, 0.5) is 5.82 Å². The number of hydrogen-bond donors (Lipinski definition) is 2. The average molecular weight is 334 g/mol. The molecule has 0 fully saturated rings. The molecule has 0 aromatic carbocycles. The standard InChI is InChI=1S/C13H17Cl2N3O3/c1-2-21-12(20)4-3-5-16-8-11(19)18-13-10(15)6-9(14)7-17-13/h6-7,16H,2-5,8H2,1H3,(H,17,18,19). The minimum atomic E-state index is -0.275. The lowest BCUT2D eigenvalue weighted by Gasteiger charge is -2.07. The molecule has 2 N–H and O–H groups in total. The summed E-state index contributed by atoms with van der Waals surface area (Å²) in [6.07, 6.45) is 2.33. The molecular formula is C13H17Cl2N3O3. The van der Waals surface area contributed by atoms with Crippen molar-refractivity contribution in [2.45, 2.75) is 19.8 Å². The number of nitrogens with zero attached hydrogens (tertiary/aromatic N) is 1. The van der Waals surface area contributed by atoms with E-state index in [2.05, 4.69) is 15.6 Å². The highest BCUT2D eigenvalue weighted by Gasteiger charge is 2.07. The van der Waals surface area contributed by atoms with Gasteiger partial charge in [0.15, 0.2) is 5.82 Å². The van der Waals surface area contributed by atoms with Crippen molar-refractivity contribution in [3.63, 3.8) is 0 Å². The van der Waals surface area contributed by atoms with Crippen molar-refractivity contribution < 1.29 is 14.3 Å². The maximum atomic E-state index is 11.7. The molecule has 0 radical (unpaired) electrons. The van der Waals surface area contributed by atoms with E-state index in [4.69, 9.17) is 27.9 Å². The second-order valence-corrected chi connectivity index (χ2v) is 4.96. The van der Waals surface area contributed by atoms with Gasteiger partial charge in [-0.25, -0.2) is 4.98 Å². The Hall–Kier alpha value is -1.37. The zero-order valence-corrected chi connectivity index (χ0v) is 13.1. The average Bonchev–Trinajstić information content (AvgIpc) is 2.42. The minimum Gasteiger partial charge on any atom is -0.466 e. The van der Waals surface area contributed by atoms with Crippen molar-refractivity contribution in [3.8, 4) is 0 Å². The number of carbonyl (C=O) groups is 2. The van der Waals surface area contributed by atoms with Crippen LogP contribution in [0.1, 0.15) is 19.8 Å². The maximum Gasteiger partial charge on any atom is 0.305 e. The molecule has 0 spiro atoms. The van der Waals surface area contributed by atoms with Gasteiger partial charge in [-0.2, -0.15) is 0 Å². The lowest BCUT2D eigenvalue weighted by atomic mass is 10.3. The van der Waals surface area contributed by atoms with Crippen LogP contribution in [-0.2, 0) is 14.3 Å². The number of ether oxygens (including phenoxy) is 1. The smallest absolute Gasteiger partial charge is 0.305 e. The molecule has 0 aliphatic carbocycles. The molecule has 0 aliphatic heterocycles. The van der Waals surface area contributed by atoms with Gasteiger partial charge >= 0.3 is 5.97 Å². The van der Waals surface area contributed by atoms with Crippen molar-refractivity contribution in [2.75, 3.05) is 25.0 Å². The van der Waals surface area contributed by atoms with E-state index in [-0.39, 0.29) is 29.3 Å². The number of hydrogen-bond acceptors (Lipinski definition) is 5. The normalized spacial score (nSPS) is 10.2. The van der Waals surface area contributed by atoms with Gasteiger partial charge in [-0.3, -0.25) is 9.59 Å². The zero-order valence-electron chi connectivity index (χ0n) is 11.6. The van der Waals surface area contributed by atoms with E-state index in [9.17, 15) is 9.59 Å². The molecule has 1 aromatic rings. The number of anilines is 1. The molecule has 0 aliphatic rings. The molecule has 0 atom stereocenters. The van der Waals surface area contributed by atoms with E-state index in [1.165, 1.54) is 12.3 Å². The Labute approximate surface area is 133 Å². The number of pyridine rings is 1. The Morgan fingerprint density at radius 3 is 2.81 bits per heavy atom. The van der Waals surface area contributed by atoms with Crippen LogP contribution in [0.25, 0.3) is 0 Å². The SMILES string of the molecule is CCOC(=O)CCCNCC(=O)Nc1ncc(Cl)cc1Cl. The lowest BCUT2D eigenvalue weighted by Crippen LogP contribution is -2.29. The van der Waals surface area contributed by atoms with Gasteiger partial charge < -0.3 is 15.4 Å². The fraction of sp³-hybridized carbons (Fsp3) is 0.462. The number of rotatable bonds is 8. The molecule has 1 heterocycles. The van der Waals surface area contributed by atoms with Gasteiger partial charge in [-0.15, -0.1) is 0 Å². The highest BCUT2D eigenvalue weighted by atomic mass is 35.5. The number of esters is 1. The van der Waals surface area contributed by atoms with Crippen LogP contribution in [-0.4, -0.2) is 36.6 Å². The Bertz CT molecular complexity index is 498. The third kappa shape index (κ3) is 7.27. The largest absolute Gasteiger partial charge is 0.466 e. The van der Waals surface area contributed by atoms with Gasteiger partial charge in [-0.05, 0) is 26.0 Å². The first kappa shape index (κ1) is 17.7. The maximum absolute atomic E-state index is 11.7. The number of nitrogens with one attached hydrogen (secondary N) is 2. The second kappa shape index (κ2) is 9.55. The van der Waals surface area contributed by atoms with E-state index in [0.29, 0.717) is 31.0 Å². The van der Waals surface area contributed by atoms with E-state index in [1.54, 1.807) is 6.92 Å². The molecule has 0 saturated heterocycles. The third-order valence-electron chi connectivity index (χ3n) is 2.39. The van der Waals surface area contributed by atoms with Gasteiger partial charge in [0.05, 0.1) is 23.2 Å². The summed E-state index contributed by atoms with van der Waals surface area (Å²) in [5.74, 6) is -0.247. The molecular weight excluding hydrogens is 317 g/mol. The van der Waals surface area contributed by atoms with Crippen LogP contribution < -0.4 is 10.6 Å². The van der Waals surface area contributed by atoms with Crippen molar-refractivity contribution >= 4 is 40.9 Å². The summed E-state index contributed by atoms with van der Waals surface area (Å²) in [6.45, 7) is 2.78. The van der Waals surface area contributed by atoms with Crippen LogP contribution in [0.3, 0.4) is 0 Å². The van der Waals surface area contributed by atoms with Gasteiger partial charge in [0.25, 0.3) is 0 Å². The molecule has 0 bridgehead atoms. The quantitative estimate of drug-likeness (QED) is 0.563. The summed E-state index contributed by atoms with van der Waals surface area (Å²) in [6, 6.07) is 1.50. The Balaban J connectivity index is 2.21. The number of halogens is 2. The van der Waals surface area contributed by atoms with Crippen molar-refractivity contribution in [3.05, 3.63) is 22.3 Å². The van der Waals surface area contributed by atoms with Crippen molar-refractivity contribution in [1.29, 1.82) is 0 Å². The van der Waals surface area contributed by atoms with E-state index >= 15 is 0 Å². The Morgan fingerprint density at radius 2 is 2.14 bits per heavy atom. The van der Waals surface area contributed by atoms with E-state index in [0.717, 1.165) is 0 Å². The summed E-state index contributed by atoms with van der Waals surface area (Å²) >= 11 is 11.6. The van der Waals surface area contributed by atoms with Crippen molar-refractivity contribution in [1.82, 2.24) is 10.3 Å². The highest BCUT2D eigenvalue weighted by molar-refractivity contribution is 6.36. The van der Waals surface area contributed by atoms with Crippen LogP contribution in [0.15, 0.2) is 12.3 Å². The Kier molecular flexibility index (Phi) is 8.04. The molecule has 21 heavy (non-hydrogen) atoms. The molecule has 0 unspecified atom stereocenters. The monoisotopic (exact) mass is 333 g/mol. The van der Waals surface area contributed by atoms with Crippen LogP contribution in [0, 0.1) is 0 Å². The molecule has 1 aromatic heterocycles. The summed E-state index contributed by atoms with van der Waals surface area (Å²) in [4.78, 5) is 26.7. The Morgan fingerprint density at radius 1 is 1.38 bits per heavy atom. The number of aromatic nitrogens is 1. The molecule has 8 heteroatoms. The molecule has 116 valence electrons. The first-order chi connectivity index (χ1) is 10.0. The van der Waals surface area contributed by atoms with Crippen LogP contribution in [0.5, 0.6) is 0 Å². The molecule has 0 saturated carbocycles. The number of carbonyl (C=O) groups excluding carboxylic acids is 2. The van der Waals surface area contributed by atoms with Crippen molar-refractivity contribution in [2.24, 2.45) is 0 Å². The van der Waals surface area contributed by atoms with Gasteiger partial charge in [-0.1, -0.05) is 23.2 Å². The van der Waals surface area contributed by atoms with Crippen LogP contribution in [0.2, 0.25) is 10.0 Å². The van der Waals surface area contributed by atoms with Gasteiger partial charge in [0, 0.05) is 12.6 Å². The molecule has 6 nitrogen and oxygen atoms in total. The topological polar surface area (TPSA) is 80.3 Å². The first-order valence-electron chi connectivity index (χ1n) is 6.50. The summed E-state index contributed by atoms with van der Waals surface area (Å²) in [5, 5.41) is 6.15. The summed E-state index contributed by atoms with van der Waals surface area (Å²) in [5.41, 5.74) is 0. The second-order valence-electron chi connectivity index (χ2n) is 4.12. The fourth-order valence-corrected chi connectivity index (χ4v) is 1.90. The fourth-order valence-electron chi connectivity index (χ4n) is 1.48. The lowest BCUT2D eigenvalue weighted by molar-refractivity contribution is -0.143. The predicted octanol–water partition coefficient (Wildman–Crippen LogP) is 2.26. The predicted molar refractivity (Wildman–Crippen MR) is 81.6 cm³/mol. The minimum absolute atomic E-state index is 0.101. The van der Waals surface area contributed by atoms with Crippen LogP contribution >= 0.6 is 23.2 Å². The van der Waals surface area contributed by atoms with Gasteiger partial charge in [0.1, 0.15) is 0 Å². The first-order valence-corrected chi connectivity index (χ1v) is 7.25. The molecule has 1 rings (SSSR count). The third-order valence-corrected chi connectivity index (χ3v) is 2.89. The highest BCUT2D eigenvalue weighted by Crippen LogP contribution is 2.22. The van der Waals surface area contributed by atoms with E-state index < -0.39 is 0 Å². The number of amides is 1. The zero-order chi connectivity index (χ0) is 15.7.